The molecule has 3 aromatic carbocycles. The molecule has 0 radical (unpaired) electrons. The molecule has 1 aliphatic carbocycles. The Labute approximate surface area is 612 Å². The van der Waals surface area contributed by atoms with Crippen LogP contribution >= 0.6 is 23.2 Å². The van der Waals surface area contributed by atoms with Crippen molar-refractivity contribution >= 4 is 94.1 Å². The number of benzene rings is 3. The first-order valence-corrected chi connectivity index (χ1v) is 36.0. The number of aryl methyl sites for hydroxylation is 2. The van der Waals surface area contributed by atoms with Gasteiger partial charge in [0.1, 0.15) is 59.9 Å². The van der Waals surface area contributed by atoms with Crippen LogP contribution in [0.1, 0.15) is 134 Å². The summed E-state index contributed by atoms with van der Waals surface area (Å²) in [5, 5.41) is 8.18. The highest BCUT2D eigenvalue weighted by atomic mass is 35.5. The molecule has 0 bridgehead atoms. The number of likely N-dealkylation sites (N-methyl/N-ethyl adjacent to an activating group) is 8. The SMILES string of the molecule is CC[C@H](C)[C@@H]1NC(=O)[C@H](C)N(C)C(=O)C[C@@H](C(=O)N(C)C)N(C)C(=O)[C@H]([C@@H](C)CC)N(C)C(=O)C2(CCCC2)NC(=O)[C@H](Cc2ccccc2Cl)N(CC)C(=O)[C@H](CCc2ccc(C(F)(F)F)c(Cl)c2)NC(=O)CN(C)C(=O)[C@H](Cc2ccc(C)cc2)N(C)C(=O)[C@@H]2CCN2C(=O)[C@@H](C)N(C)C1=O. The van der Waals surface area contributed by atoms with Crippen LogP contribution < -0.4 is 16.0 Å². The number of fused-ring (bicyclic) bond motifs is 1. The first-order valence-electron chi connectivity index (χ1n) is 35.2. The van der Waals surface area contributed by atoms with Crippen molar-refractivity contribution in [3.8, 4) is 0 Å². The average Bonchev–Trinajstić information content (AvgIpc) is 1.01. The Balaban J connectivity index is 1.50. The lowest BCUT2D eigenvalue weighted by molar-refractivity contribution is -0.160. The van der Waals surface area contributed by atoms with Crippen molar-refractivity contribution in [1.29, 1.82) is 0 Å². The number of nitrogens with one attached hydrogen (secondary N) is 3. The number of hydrogen-bond donors (Lipinski definition) is 3. The van der Waals surface area contributed by atoms with Crippen molar-refractivity contribution in [3.05, 3.63) is 105 Å². The van der Waals surface area contributed by atoms with Gasteiger partial charge in [0.2, 0.25) is 70.9 Å². The molecular weight excluding hydrogens is 1380 g/mol. The molecule has 566 valence electrons. The predicted octanol–water partition coefficient (Wildman–Crippen LogP) is 6.17. The molecule has 0 unspecified atom stereocenters. The van der Waals surface area contributed by atoms with E-state index in [4.69, 9.17) is 23.2 Å². The minimum Gasteiger partial charge on any atom is -0.347 e. The molecule has 2 heterocycles. The van der Waals surface area contributed by atoms with Crippen LogP contribution in [0.4, 0.5) is 13.2 Å². The molecule has 2 aliphatic heterocycles. The fourth-order valence-corrected chi connectivity index (χ4v) is 14.1. The third-order valence-corrected chi connectivity index (χ3v) is 21.8. The van der Waals surface area contributed by atoms with Crippen LogP contribution in [0.5, 0.6) is 0 Å². The molecule has 11 atom stereocenters. The average molecular weight is 1480 g/mol. The molecule has 24 nitrogen and oxygen atoms in total. The van der Waals surface area contributed by atoms with Gasteiger partial charge in [-0.1, -0.05) is 131 Å². The highest BCUT2D eigenvalue weighted by Crippen LogP contribution is 2.37. The van der Waals surface area contributed by atoms with Gasteiger partial charge in [-0.3, -0.25) is 57.5 Å². The van der Waals surface area contributed by atoms with Crippen LogP contribution in [0.3, 0.4) is 0 Å². The number of hydrogen-bond acceptors (Lipinski definition) is 12. The topological polar surface area (TPSA) is 270 Å². The maximum Gasteiger partial charge on any atom is 0.417 e. The summed E-state index contributed by atoms with van der Waals surface area (Å²) in [6.07, 6.45) is -4.36. The molecule has 12 amide bonds. The first-order chi connectivity index (χ1) is 48.3. The minimum absolute atomic E-state index is 0.0716. The summed E-state index contributed by atoms with van der Waals surface area (Å²) in [4.78, 5) is 190. The number of halogens is 5. The quantitative estimate of drug-likeness (QED) is 0.173. The lowest BCUT2D eigenvalue weighted by Gasteiger charge is -2.45. The number of alkyl halides is 3. The van der Waals surface area contributed by atoms with E-state index in [1.807, 2.05) is 19.1 Å². The molecule has 3 aliphatic rings. The van der Waals surface area contributed by atoms with Crippen LogP contribution in [0.2, 0.25) is 10.0 Å². The van der Waals surface area contributed by atoms with Crippen molar-refractivity contribution in [2.24, 2.45) is 11.8 Å². The van der Waals surface area contributed by atoms with E-state index in [9.17, 15) is 46.7 Å². The van der Waals surface area contributed by atoms with Gasteiger partial charge in [-0.2, -0.15) is 13.2 Å². The Morgan fingerprint density at radius 2 is 1.27 bits per heavy atom. The lowest BCUT2D eigenvalue weighted by Crippen LogP contribution is -2.66. The van der Waals surface area contributed by atoms with E-state index in [-0.39, 0.29) is 68.6 Å². The van der Waals surface area contributed by atoms with Gasteiger partial charge in [-0.05, 0) is 107 Å². The number of carbonyl (C=O) groups excluding carboxylic acids is 12. The Bertz CT molecular complexity index is 3620. The zero-order chi connectivity index (χ0) is 77.0. The minimum atomic E-state index is -4.80. The maximum atomic E-state index is 15.7. The summed E-state index contributed by atoms with van der Waals surface area (Å²) < 4.78 is 42.0. The Kier molecular flexibility index (Phi) is 29.2. The monoisotopic (exact) mass is 1480 g/mol. The molecule has 0 aromatic heterocycles. The fourth-order valence-electron chi connectivity index (χ4n) is 13.6. The molecule has 1 saturated carbocycles. The van der Waals surface area contributed by atoms with E-state index in [1.165, 1.54) is 106 Å². The number of nitrogens with zero attached hydrogens (tertiary/aromatic N) is 9. The molecule has 103 heavy (non-hydrogen) atoms. The van der Waals surface area contributed by atoms with E-state index >= 15 is 24.0 Å². The second-order valence-corrected chi connectivity index (χ2v) is 29.0. The van der Waals surface area contributed by atoms with E-state index < -0.39 is 172 Å². The van der Waals surface area contributed by atoms with Crippen molar-refractivity contribution in [2.45, 2.75) is 199 Å². The van der Waals surface area contributed by atoms with E-state index in [1.54, 1.807) is 71.0 Å². The smallest absolute Gasteiger partial charge is 0.347 e. The normalized spacial score (nSPS) is 24.9. The van der Waals surface area contributed by atoms with Crippen LogP contribution in [0.15, 0.2) is 66.7 Å². The van der Waals surface area contributed by atoms with E-state index in [0.717, 1.165) is 32.4 Å². The fraction of sp³-hybridized carbons (Fsp3) is 0.595. The van der Waals surface area contributed by atoms with Gasteiger partial charge in [-0.15, -0.1) is 0 Å². The largest absolute Gasteiger partial charge is 0.417 e. The van der Waals surface area contributed by atoms with E-state index in [0.29, 0.717) is 36.8 Å². The number of amides is 12. The molecule has 29 heteroatoms. The summed E-state index contributed by atoms with van der Waals surface area (Å²) in [7, 11) is 11.1. The Hall–Kier alpha value is -8.33. The zero-order valence-electron chi connectivity index (χ0n) is 62.1. The van der Waals surface area contributed by atoms with Gasteiger partial charge >= 0.3 is 6.18 Å². The van der Waals surface area contributed by atoms with Gasteiger partial charge in [0, 0.05) is 87.3 Å². The second-order valence-electron chi connectivity index (χ2n) is 28.2. The second kappa shape index (κ2) is 35.9. The summed E-state index contributed by atoms with van der Waals surface area (Å²) in [5.41, 5.74) is -0.650. The third kappa shape index (κ3) is 19.7. The zero-order valence-corrected chi connectivity index (χ0v) is 63.6. The van der Waals surface area contributed by atoms with Crippen LogP contribution in [-0.2, 0) is 83.0 Å². The van der Waals surface area contributed by atoms with Crippen molar-refractivity contribution < 1.29 is 70.7 Å². The van der Waals surface area contributed by atoms with Crippen LogP contribution in [0.25, 0.3) is 0 Å². The molecule has 1 spiro atoms. The molecule has 6 rings (SSSR count). The maximum absolute atomic E-state index is 15.7. The molecular formula is C74H103Cl2F3N12O12. The molecule has 3 fully saturated rings. The Morgan fingerprint density at radius 1 is 0.660 bits per heavy atom. The van der Waals surface area contributed by atoms with Crippen molar-refractivity contribution in [2.75, 3.05) is 76.0 Å². The summed E-state index contributed by atoms with van der Waals surface area (Å²) >= 11 is 13.0. The molecule has 2 saturated heterocycles. The number of carbonyl (C=O) groups is 12. The predicted molar refractivity (Wildman–Crippen MR) is 383 cm³/mol. The van der Waals surface area contributed by atoms with Gasteiger partial charge in [0.25, 0.3) is 0 Å². The summed E-state index contributed by atoms with van der Waals surface area (Å²) in [5.74, 6) is -9.94. The van der Waals surface area contributed by atoms with Gasteiger partial charge in [-0.25, -0.2) is 0 Å². The van der Waals surface area contributed by atoms with Crippen molar-refractivity contribution in [3.63, 3.8) is 0 Å². The van der Waals surface area contributed by atoms with Gasteiger partial charge in [0.05, 0.1) is 23.6 Å². The summed E-state index contributed by atoms with van der Waals surface area (Å²) in [6, 6.07) is 4.78. The standard InChI is InChI=1S/C74H103Cl2F3N12O12/c1-17-44(5)61-70(101)86(13)47(8)65(96)91-37-34-55(91)69(100)87(14)57(39-49-28-26-43(4)27-29-49)68(99)84(11)42-59(92)80-54(33-31-48-30-32-51(53(76)38-48)74(77,78)79)66(97)90(19-3)56(40-50-24-20-21-25-52(50)75)64(95)82-73(35-22-23-36-73)72(103)89(16)62(45(6)18-2)71(102)88(15)58(67(98)83(9)10)41-60(93)85(12)46(7)63(94)81-61/h20-21,24-30,32,38,44-47,54-58,61-62H,17-19,22-23,31,33-37,39-42H2,1-16H3,(H,80,92)(H,81,94)(H,82,95)/t44-,45-,46-,47+,54-,55-,56-,57-,58-,61-,62-/m0/s1. The lowest BCUT2D eigenvalue weighted by atomic mass is 9.90. The summed E-state index contributed by atoms with van der Waals surface area (Å²) in [6.45, 7) is 12.6. The van der Waals surface area contributed by atoms with Crippen molar-refractivity contribution in [1.82, 2.24) is 60.0 Å². The Morgan fingerprint density at radius 3 is 1.83 bits per heavy atom. The molecule has 3 N–H and O–H groups in total. The van der Waals surface area contributed by atoms with Gasteiger partial charge in [0.15, 0.2) is 0 Å². The van der Waals surface area contributed by atoms with Crippen LogP contribution in [0, 0.1) is 18.8 Å². The third-order valence-electron chi connectivity index (χ3n) is 21.1. The highest BCUT2D eigenvalue weighted by molar-refractivity contribution is 6.31. The first kappa shape index (κ1) is 83.6. The van der Waals surface area contributed by atoms with Gasteiger partial charge < -0.3 is 60.0 Å². The molecule has 3 aromatic rings. The number of rotatable bonds is 13. The highest BCUT2D eigenvalue weighted by Gasteiger charge is 2.51. The van der Waals surface area contributed by atoms with E-state index in [2.05, 4.69) is 16.0 Å². The van der Waals surface area contributed by atoms with Crippen LogP contribution in [-0.4, -0.2) is 251 Å².